The average Bonchev–Trinajstić information content (AvgIpc) is 2.51. The van der Waals surface area contributed by atoms with E-state index in [9.17, 15) is 0 Å². The van der Waals surface area contributed by atoms with E-state index in [2.05, 4.69) is 45.5 Å². The third kappa shape index (κ3) is 4.19. The van der Waals surface area contributed by atoms with E-state index in [1.54, 1.807) is 6.20 Å². The van der Waals surface area contributed by atoms with E-state index in [1.807, 2.05) is 12.1 Å². The first-order chi connectivity index (χ1) is 10.3. The second kappa shape index (κ2) is 6.92. The summed E-state index contributed by atoms with van der Waals surface area (Å²) in [6, 6.07) is 15.0. The molecule has 1 saturated heterocycles. The van der Waals surface area contributed by atoms with Crippen LogP contribution in [0.4, 0.5) is 5.69 Å². The third-order valence-corrected chi connectivity index (χ3v) is 4.08. The van der Waals surface area contributed by atoms with Crippen molar-refractivity contribution in [2.24, 2.45) is 0 Å². The average molecular weight is 302 g/mol. The van der Waals surface area contributed by atoms with Gasteiger partial charge in [0.1, 0.15) is 5.15 Å². The molecule has 1 N–H and O–H groups in total. The van der Waals surface area contributed by atoms with Gasteiger partial charge in [0.15, 0.2) is 0 Å². The largest absolute Gasteiger partial charge is 0.380 e. The van der Waals surface area contributed by atoms with Crippen LogP contribution < -0.4 is 5.32 Å². The Kier molecular flexibility index (Phi) is 4.73. The molecule has 1 atom stereocenters. The Bertz CT molecular complexity index is 556. The number of pyridine rings is 1. The molecular weight excluding hydrogens is 282 g/mol. The van der Waals surface area contributed by atoms with Crippen LogP contribution in [0.15, 0.2) is 48.7 Å². The standard InChI is InChI=1S/C17H20ClN3/c18-17-9-8-15(11-19-17)20-16-7-4-10-21(13-16)12-14-5-2-1-3-6-14/h1-3,5-6,8-9,11,16,20H,4,7,10,12-13H2. The van der Waals surface area contributed by atoms with Gasteiger partial charge in [-0.05, 0) is 37.1 Å². The Hall–Kier alpha value is -1.58. The molecular formula is C17H20ClN3. The summed E-state index contributed by atoms with van der Waals surface area (Å²) in [4.78, 5) is 6.63. The molecule has 3 rings (SSSR count). The molecule has 1 fully saturated rings. The number of aromatic nitrogens is 1. The molecule has 1 aromatic carbocycles. The van der Waals surface area contributed by atoms with Crippen molar-refractivity contribution in [3.8, 4) is 0 Å². The highest BCUT2D eigenvalue weighted by Gasteiger charge is 2.19. The van der Waals surface area contributed by atoms with E-state index in [0.29, 0.717) is 11.2 Å². The van der Waals surface area contributed by atoms with Crippen molar-refractivity contribution in [2.75, 3.05) is 18.4 Å². The number of rotatable bonds is 4. The zero-order chi connectivity index (χ0) is 14.5. The van der Waals surface area contributed by atoms with E-state index >= 15 is 0 Å². The molecule has 2 heterocycles. The number of benzene rings is 1. The summed E-state index contributed by atoms with van der Waals surface area (Å²) in [5, 5.41) is 4.10. The smallest absolute Gasteiger partial charge is 0.129 e. The molecule has 0 radical (unpaired) electrons. The van der Waals surface area contributed by atoms with Crippen LogP contribution >= 0.6 is 11.6 Å². The second-order valence-electron chi connectivity index (χ2n) is 5.57. The van der Waals surface area contributed by atoms with Gasteiger partial charge >= 0.3 is 0 Å². The summed E-state index contributed by atoms with van der Waals surface area (Å²) < 4.78 is 0. The Morgan fingerprint density at radius 1 is 1.19 bits per heavy atom. The highest BCUT2D eigenvalue weighted by molar-refractivity contribution is 6.29. The lowest BCUT2D eigenvalue weighted by Crippen LogP contribution is -2.41. The summed E-state index contributed by atoms with van der Waals surface area (Å²) in [6.45, 7) is 3.27. The zero-order valence-electron chi connectivity index (χ0n) is 12.0. The van der Waals surface area contributed by atoms with Crippen LogP contribution in [0.1, 0.15) is 18.4 Å². The highest BCUT2D eigenvalue weighted by Crippen LogP contribution is 2.18. The van der Waals surface area contributed by atoms with Gasteiger partial charge in [-0.2, -0.15) is 0 Å². The molecule has 4 heteroatoms. The van der Waals surface area contributed by atoms with Crippen molar-refractivity contribution in [3.63, 3.8) is 0 Å². The normalized spacial score (nSPS) is 19.4. The number of halogens is 1. The first kappa shape index (κ1) is 14.4. The second-order valence-corrected chi connectivity index (χ2v) is 5.96. The first-order valence-corrected chi connectivity index (χ1v) is 7.82. The number of nitrogens with one attached hydrogen (secondary N) is 1. The molecule has 0 bridgehead atoms. The molecule has 1 aromatic heterocycles. The van der Waals surface area contributed by atoms with Gasteiger partial charge in [-0.25, -0.2) is 4.98 Å². The summed E-state index contributed by atoms with van der Waals surface area (Å²) in [5.41, 5.74) is 2.43. The van der Waals surface area contributed by atoms with Crippen LogP contribution in [-0.4, -0.2) is 29.0 Å². The predicted molar refractivity (Wildman–Crippen MR) is 87.6 cm³/mol. The molecule has 0 spiro atoms. The molecule has 0 aliphatic carbocycles. The van der Waals surface area contributed by atoms with Crippen molar-refractivity contribution in [2.45, 2.75) is 25.4 Å². The fourth-order valence-electron chi connectivity index (χ4n) is 2.86. The highest BCUT2D eigenvalue weighted by atomic mass is 35.5. The van der Waals surface area contributed by atoms with Gasteiger partial charge in [0, 0.05) is 19.1 Å². The number of anilines is 1. The quantitative estimate of drug-likeness (QED) is 0.870. The maximum atomic E-state index is 5.82. The zero-order valence-corrected chi connectivity index (χ0v) is 12.8. The minimum Gasteiger partial charge on any atom is -0.380 e. The van der Waals surface area contributed by atoms with Gasteiger partial charge < -0.3 is 5.32 Å². The molecule has 1 aliphatic heterocycles. The Labute approximate surface area is 131 Å². The number of likely N-dealkylation sites (tertiary alicyclic amines) is 1. The van der Waals surface area contributed by atoms with Crippen molar-refractivity contribution >= 4 is 17.3 Å². The van der Waals surface area contributed by atoms with Crippen LogP contribution in [0.5, 0.6) is 0 Å². The van der Waals surface area contributed by atoms with Gasteiger partial charge in [0.25, 0.3) is 0 Å². The van der Waals surface area contributed by atoms with Crippen molar-refractivity contribution < 1.29 is 0 Å². The Morgan fingerprint density at radius 3 is 2.81 bits per heavy atom. The van der Waals surface area contributed by atoms with Gasteiger partial charge in [-0.1, -0.05) is 41.9 Å². The maximum Gasteiger partial charge on any atom is 0.129 e. The maximum absolute atomic E-state index is 5.82. The van der Waals surface area contributed by atoms with E-state index in [0.717, 1.165) is 18.8 Å². The van der Waals surface area contributed by atoms with Crippen LogP contribution in [-0.2, 0) is 6.54 Å². The van der Waals surface area contributed by atoms with Gasteiger partial charge in [0.05, 0.1) is 11.9 Å². The minimum absolute atomic E-state index is 0.477. The van der Waals surface area contributed by atoms with Crippen LogP contribution in [0, 0.1) is 0 Å². The van der Waals surface area contributed by atoms with Gasteiger partial charge in [-0.15, -0.1) is 0 Å². The number of nitrogens with zero attached hydrogens (tertiary/aromatic N) is 2. The number of piperidine rings is 1. The SMILES string of the molecule is Clc1ccc(NC2CCCN(Cc3ccccc3)C2)cn1. The lowest BCUT2D eigenvalue weighted by Gasteiger charge is -2.33. The first-order valence-electron chi connectivity index (χ1n) is 7.44. The molecule has 110 valence electrons. The van der Waals surface area contributed by atoms with Crippen LogP contribution in [0.2, 0.25) is 5.15 Å². The van der Waals surface area contributed by atoms with Crippen LogP contribution in [0.25, 0.3) is 0 Å². The fourth-order valence-corrected chi connectivity index (χ4v) is 2.97. The van der Waals surface area contributed by atoms with E-state index in [4.69, 9.17) is 11.6 Å². The van der Waals surface area contributed by atoms with E-state index in [-0.39, 0.29) is 0 Å². The van der Waals surface area contributed by atoms with E-state index < -0.39 is 0 Å². The topological polar surface area (TPSA) is 28.2 Å². The molecule has 0 amide bonds. The molecule has 0 saturated carbocycles. The van der Waals surface area contributed by atoms with Gasteiger partial charge in [-0.3, -0.25) is 4.90 Å². The van der Waals surface area contributed by atoms with Crippen molar-refractivity contribution in [1.29, 1.82) is 0 Å². The summed E-state index contributed by atoms with van der Waals surface area (Å²) in [6.07, 6.45) is 4.23. The monoisotopic (exact) mass is 301 g/mol. The molecule has 3 nitrogen and oxygen atoms in total. The summed E-state index contributed by atoms with van der Waals surface area (Å²) in [5.74, 6) is 0. The number of hydrogen-bond acceptors (Lipinski definition) is 3. The predicted octanol–water partition coefficient (Wildman–Crippen LogP) is 3.81. The Balaban J connectivity index is 1.57. The lowest BCUT2D eigenvalue weighted by molar-refractivity contribution is 0.208. The lowest BCUT2D eigenvalue weighted by atomic mass is 10.0. The molecule has 21 heavy (non-hydrogen) atoms. The third-order valence-electron chi connectivity index (χ3n) is 3.85. The molecule has 1 unspecified atom stereocenters. The summed E-state index contributed by atoms with van der Waals surface area (Å²) in [7, 11) is 0. The van der Waals surface area contributed by atoms with Crippen LogP contribution in [0.3, 0.4) is 0 Å². The minimum atomic E-state index is 0.477. The van der Waals surface area contributed by atoms with E-state index in [1.165, 1.54) is 24.9 Å². The fraction of sp³-hybridized carbons (Fsp3) is 0.353. The molecule has 1 aliphatic rings. The van der Waals surface area contributed by atoms with Gasteiger partial charge in [0.2, 0.25) is 0 Å². The molecule has 2 aromatic rings. The van der Waals surface area contributed by atoms with Crippen molar-refractivity contribution in [1.82, 2.24) is 9.88 Å². The Morgan fingerprint density at radius 2 is 2.05 bits per heavy atom. The van der Waals surface area contributed by atoms with Crippen molar-refractivity contribution in [3.05, 3.63) is 59.4 Å². The number of hydrogen-bond donors (Lipinski definition) is 1. The summed E-state index contributed by atoms with van der Waals surface area (Å²) >= 11 is 5.82.